The van der Waals surface area contributed by atoms with Crippen molar-refractivity contribution in [1.29, 1.82) is 0 Å². The van der Waals surface area contributed by atoms with Crippen LogP contribution in [0.3, 0.4) is 0 Å². The van der Waals surface area contributed by atoms with Gasteiger partial charge in [-0.25, -0.2) is 0 Å². The summed E-state index contributed by atoms with van der Waals surface area (Å²) in [5.41, 5.74) is 0. The van der Waals surface area contributed by atoms with Crippen molar-refractivity contribution >= 4 is 0 Å². The number of nitrogens with one attached hydrogen (secondary N) is 1. The molecule has 0 bridgehead atoms. The first kappa shape index (κ1) is 12.9. The number of hydrogen-bond acceptors (Lipinski definition) is 2. The van der Waals surface area contributed by atoms with Gasteiger partial charge in [-0.3, -0.25) is 0 Å². The summed E-state index contributed by atoms with van der Waals surface area (Å²) in [6, 6.07) is 1.93. The highest BCUT2D eigenvalue weighted by atomic mass is 15.1. The third kappa shape index (κ3) is 6.05. The summed E-state index contributed by atoms with van der Waals surface area (Å²) in [6.45, 7) is 12.3. The number of hydrogen-bond donors (Lipinski definition) is 1. The molecule has 1 N–H and O–H groups in total. The molecule has 0 aliphatic carbocycles. The number of nitrogens with zero attached hydrogens (tertiary/aromatic N) is 1. The van der Waals surface area contributed by atoms with Gasteiger partial charge in [0.05, 0.1) is 0 Å². The molecule has 0 heterocycles. The van der Waals surface area contributed by atoms with Gasteiger partial charge in [-0.05, 0) is 40.8 Å². The lowest BCUT2D eigenvalue weighted by Gasteiger charge is -2.28. The normalized spacial score (nSPS) is 14.5. The van der Waals surface area contributed by atoms with Crippen molar-refractivity contribution < 1.29 is 0 Å². The van der Waals surface area contributed by atoms with E-state index < -0.39 is 0 Å². The van der Waals surface area contributed by atoms with Gasteiger partial charge in [0, 0.05) is 18.1 Å². The van der Waals surface area contributed by atoms with E-state index in [0.29, 0.717) is 18.1 Å². The molecule has 0 aliphatic heterocycles. The maximum atomic E-state index is 3.44. The predicted molar refractivity (Wildman–Crippen MR) is 60.1 cm³/mol. The Labute approximate surface area is 83.7 Å². The second kappa shape index (κ2) is 6.39. The maximum Gasteiger partial charge on any atom is 0.00786 e. The molecular weight excluding hydrogens is 160 g/mol. The van der Waals surface area contributed by atoms with Crippen molar-refractivity contribution in [2.75, 3.05) is 13.6 Å². The summed E-state index contributed by atoms with van der Waals surface area (Å²) >= 11 is 0. The summed E-state index contributed by atoms with van der Waals surface area (Å²) in [5.74, 6) is 0. The molecule has 1 unspecified atom stereocenters. The predicted octanol–water partition coefficient (Wildman–Crippen LogP) is 2.10. The van der Waals surface area contributed by atoms with Crippen LogP contribution in [-0.2, 0) is 0 Å². The molecule has 0 aromatic rings. The molecule has 13 heavy (non-hydrogen) atoms. The Morgan fingerprint density at radius 2 is 1.62 bits per heavy atom. The Kier molecular flexibility index (Phi) is 6.35. The van der Waals surface area contributed by atoms with Gasteiger partial charge >= 0.3 is 0 Å². The van der Waals surface area contributed by atoms with Crippen LogP contribution in [0.2, 0.25) is 0 Å². The first-order valence-corrected chi connectivity index (χ1v) is 5.40. The van der Waals surface area contributed by atoms with Crippen LogP contribution in [0.5, 0.6) is 0 Å². The third-order valence-electron chi connectivity index (χ3n) is 2.62. The molecule has 2 nitrogen and oxygen atoms in total. The van der Waals surface area contributed by atoms with E-state index in [1.165, 1.54) is 6.42 Å². The molecule has 0 fully saturated rings. The van der Waals surface area contributed by atoms with Crippen LogP contribution in [0, 0.1) is 0 Å². The highest BCUT2D eigenvalue weighted by molar-refractivity contribution is 4.68. The summed E-state index contributed by atoms with van der Waals surface area (Å²) in [7, 11) is 2.20. The van der Waals surface area contributed by atoms with Crippen LogP contribution < -0.4 is 5.32 Å². The summed E-state index contributed by atoms with van der Waals surface area (Å²) in [5, 5.41) is 3.44. The average Bonchev–Trinajstić information content (AvgIpc) is 2.02. The molecule has 80 valence electrons. The molecule has 0 amide bonds. The lowest BCUT2D eigenvalue weighted by atomic mass is 10.1. The van der Waals surface area contributed by atoms with E-state index in [1.54, 1.807) is 0 Å². The molecule has 0 aromatic carbocycles. The average molecular weight is 186 g/mol. The van der Waals surface area contributed by atoms with Gasteiger partial charge in [0.25, 0.3) is 0 Å². The minimum absolute atomic E-state index is 0.608. The van der Waals surface area contributed by atoms with Crippen LogP contribution in [-0.4, -0.2) is 36.6 Å². The van der Waals surface area contributed by atoms with Gasteiger partial charge in [0.2, 0.25) is 0 Å². The third-order valence-corrected chi connectivity index (χ3v) is 2.62. The molecule has 1 atom stereocenters. The molecule has 0 aliphatic rings. The zero-order chi connectivity index (χ0) is 10.4. The molecule has 2 heteroatoms. The minimum Gasteiger partial charge on any atom is -0.314 e. The van der Waals surface area contributed by atoms with Crippen LogP contribution in [0.4, 0.5) is 0 Å². The lowest BCUT2D eigenvalue weighted by Crippen LogP contribution is -2.37. The zero-order valence-corrected chi connectivity index (χ0v) is 10.1. The van der Waals surface area contributed by atoms with Gasteiger partial charge in [0.1, 0.15) is 0 Å². The quantitative estimate of drug-likeness (QED) is 0.683. The van der Waals surface area contributed by atoms with E-state index in [9.17, 15) is 0 Å². The molecule has 0 radical (unpaired) electrons. The molecule has 0 aromatic heterocycles. The van der Waals surface area contributed by atoms with E-state index in [2.05, 4.69) is 51.9 Å². The highest BCUT2D eigenvalue weighted by Crippen LogP contribution is 2.04. The van der Waals surface area contributed by atoms with E-state index in [0.717, 1.165) is 6.54 Å². The van der Waals surface area contributed by atoms with Gasteiger partial charge < -0.3 is 10.2 Å². The molecular formula is C11H26N2. The van der Waals surface area contributed by atoms with Crippen molar-refractivity contribution in [1.82, 2.24) is 10.2 Å². The van der Waals surface area contributed by atoms with Crippen LogP contribution >= 0.6 is 0 Å². The highest BCUT2D eigenvalue weighted by Gasteiger charge is 2.11. The summed E-state index contributed by atoms with van der Waals surface area (Å²) < 4.78 is 0. The standard InChI is InChI=1S/C11H26N2/c1-9(2)12-8-7-11(5)13(6)10(3)4/h9-12H,7-8H2,1-6H3. The first-order chi connectivity index (χ1) is 5.95. The van der Waals surface area contributed by atoms with Crippen molar-refractivity contribution in [2.24, 2.45) is 0 Å². The molecule has 0 saturated heterocycles. The maximum absolute atomic E-state index is 3.44. The smallest absolute Gasteiger partial charge is 0.00786 e. The Bertz CT molecular complexity index is 121. The SMILES string of the molecule is CC(C)NCCC(C)N(C)C(C)C. The van der Waals surface area contributed by atoms with Gasteiger partial charge in [-0.15, -0.1) is 0 Å². The van der Waals surface area contributed by atoms with Crippen molar-refractivity contribution in [3.63, 3.8) is 0 Å². The van der Waals surface area contributed by atoms with Crippen molar-refractivity contribution in [3.8, 4) is 0 Å². The second-order valence-electron chi connectivity index (χ2n) is 4.51. The Morgan fingerprint density at radius 3 is 2.00 bits per heavy atom. The Balaban J connectivity index is 3.55. The minimum atomic E-state index is 0.608. The fraction of sp³-hybridized carbons (Fsp3) is 1.00. The fourth-order valence-electron chi connectivity index (χ4n) is 1.29. The molecule has 0 saturated carbocycles. The van der Waals surface area contributed by atoms with Crippen molar-refractivity contribution in [2.45, 2.75) is 59.2 Å². The van der Waals surface area contributed by atoms with Crippen LogP contribution in [0.25, 0.3) is 0 Å². The van der Waals surface area contributed by atoms with Gasteiger partial charge in [-0.2, -0.15) is 0 Å². The largest absolute Gasteiger partial charge is 0.314 e. The van der Waals surface area contributed by atoms with Gasteiger partial charge in [-0.1, -0.05) is 13.8 Å². The Hall–Kier alpha value is -0.0800. The van der Waals surface area contributed by atoms with E-state index in [1.807, 2.05) is 0 Å². The topological polar surface area (TPSA) is 15.3 Å². The van der Waals surface area contributed by atoms with Crippen LogP contribution in [0.1, 0.15) is 41.0 Å². The molecule has 0 rings (SSSR count). The van der Waals surface area contributed by atoms with E-state index in [4.69, 9.17) is 0 Å². The summed E-state index contributed by atoms with van der Waals surface area (Å²) in [4.78, 5) is 2.42. The van der Waals surface area contributed by atoms with E-state index >= 15 is 0 Å². The van der Waals surface area contributed by atoms with E-state index in [-0.39, 0.29) is 0 Å². The lowest BCUT2D eigenvalue weighted by molar-refractivity contribution is 0.197. The van der Waals surface area contributed by atoms with Crippen molar-refractivity contribution in [3.05, 3.63) is 0 Å². The van der Waals surface area contributed by atoms with Crippen LogP contribution in [0.15, 0.2) is 0 Å². The molecule has 0 spiro atoms. The van der Waals surface area contributed by atoms with Gasteiger partial charge in [0.15, 0.2) is 0 Å². The first-order valence-electron chi connectivity index (χ1n) is 5.40. The monoisotopic (exact) mass is 186 g/mol. The summed E-state index contributed by atoms with van der Waals surface area (Å²) in [6.07, 6.45) is 1.23. The zero-order valence-electron chi connectivity index (χ0n) is 10.1. The fourth-order valence-corrected chi connectivity index (χ4v) is 1.29. The Morgan fingerprint density at radius 1 is 1.08 bits per heavy atom. The second-order valence-corrected chi connectivity index (χ2v) is 4.51. The number of rotatable bonds is 6.